The Hall–Kier alpha value is -0.410. The summed E-state index contributed by atoms with van der Waals surface area (Å²) in [5.41, 5.74) is 8.34. The quantitative estimate of drug-likeness (QED) is 0.876. The highest BCUT2D eigenvalue weighted by molar-refractivity contribution is 9.10. The minimum Gasteiger partial charge on any atom is -0.330 e. The van der Waals surface area contributed by atoms with Gasteiger partial charge in [0.05, 0.1) is 4.47 Å². The molecule has 1 aliphatic carbocycles. The third kappa shape index (κ3) is 2.41. The summed E-state index contributed by atoms with van der Waals surface area (Å²) in [6.45, 7) is 2.64. The normalized spacial score (nSPS) is 19.3. The highest BCUT2D eigenvalue weighted by Crippen LogP contribution is 2.41. The van der Waals surface area contributed by atoms with Crippen molar-refractivity contribution in [3.8, 4) is 0 Å². The minimum atomic E-state index is -0.186. The second kappa shape index (κ2) is 5.07. The highest BCUT2D eigenvalue weighted by atomic mass is 79.9. The van der Waals surface area contributed by atoms with E-state index in [9.17, 15) is 4.39 Å². The molecule has 0 saturated heterocycles. The molecule has 0 spiro atoms. The van der Waals surface area contributed by atoms with Crippen molar-refractivity contribution in [1.29, 1.82) is 0 Å². The zero-order valence-corrected chi connectivity index (χ0v) is 11.8. The summed E-state index contributed by atoms with van der Waals surface area (Å²) in [5, 5.41) is 0. The van der Waals surface area contributed by atoms with Gasteiger partial charge in [0.25, 0.3) is 0 Å². The Labute approximate surface area is 111 Å². The number of hydrogen-bond donors (Lipinski definition) is 1. The van der Waals surface area contributed by atoms with Crippen LogP contribution in [0.3, 0.4) is 0 Å². The molecule has 1 aromatic rings. The fraction of sp³-hybridized carbons (Fsp3) is 0.571. The van der Waals surface area contributed by atoms with Crippen molar-refractivity contribution in [2.75, 3.05) is 6.54 Å². The van der Waals surface area contributed by atoms with Crippen molar-refractivity contribution in [2.45, 2.75) is 44.4 Å². The third-order valence-electron chi connectivity index (χ3n) is 4.04. The standard InChI is InChI=1S/C14H19BrFN/c1-10-7-13(16)12(15)8-11(10)14(9-17)5-3-2-4-6-14/h7-8H,2-6,9,17H2,1H3. The minimum absolute atomic E-state index is 0.0680. The SMILES string of the molecule is Cc1cc(F)c(Br)cc1C1(CN)CCCCC1. The average Bonchev–Trinajstić information content (AvgIpc) is 2.34. The zero-order valence-electron chi connectivity index (χ0n) is 10.2. The summed E-state index contributed by atoms with van der Waals surface area (Å²) in [4.78, 5) is 0. The number of hydrogen-bond acceptors (Lipinski definition) is 1. The van der Waals surface area contributed by atoms with Crippen LogP contribution in [0.5, 0.6) is 0 Å². The Kier molecular flexibility index (Phi) is 3.88. The predicted octanol–water partition coefficient (Wildman–Crippen LogP) is 4.06. The Bertz CT molecular complexity index is 411. The third-order valence-corrected chi connectivity index (χ3v) is 4.65. The molecule has 2 N–H and O–H groups in total. The summed E-state index contributed by atoms with van der Waals surface area (Å²) in [6, 6.07) is 3.55. The van der Waals surface area contributed by atoms with Crippen LogP contribution in [-0.2, 0) is 5.41 Å². The summed E-state index contributed by atoms with van der Waals surface area (Å²) in [6.07, 6.45) is 6.01. The molecule has 2 rings (SSSR count). The maximum atomic E-state index is 13.5. The number of halogens is 2. The second-order valence-corrected chi connectivity index (χ2v) is 5.98. The average molecular weight is 300 g/mol. The molecule has 0 radical (unpaired) electrons. The Morgan fingerprint density at radius 2 is 1.94 bits per heavy atom. The van der Waals surface area contributed by atoms with E-state index in [-0.39, 0.29) is 11.2 Å². The van der Waals surface area contributed by atoms with E-state index in [0.717, 1.165) is 18.4 Å². The molecule has 1 saturated carbocycles. The molecule has 0 amide bonds. The van der Waals surface area contributed by atoms with Gasteiger partial charge >= 0.3 is 0 Å². The van der Waals surface area contributed by atoms with Crippen LogP contribution >= 0.6 is 15.9 Å². The van der Waals surface area contributed by atoms with Crippen LogP contribution in [0, 0.1) is 12.7 Å². The van der Waals surface area contributed by atoms with Gasteiger partial charge in [-0.1, -0.05) is 19.3 Å². The highest BCUT2D eigenvalue weighted by Gasteiger charge is 2.34. The van der Waals surface area contributed by atoms with Gasteiger partial charge in [-0.3, -0.25) is 0 Å². The van der Waals surface area contributed by atoms with E-state index in [2.05, 4.69) is 15.9 Å². The molecular weight excluding hydrogens is 281 g/mol. The summed E-state index contributed by atoms with van der Waals surface area (Å²) in [5.74, 6) is -0.186. The van der Waals surface area contributed by atoms with Crippen LogP contribution in [0.2, 0.25) is 0 Å². The Balaban J connectivity index is 2.46. The molecule has 94 valence electrons. The van der Waals surface area contributed by atoms with Crippen molar-refractivity contribution >= 4 is 15.9 Å². The van der Waals surface area contributed by atoms with E-state index < -0.39 is 0 Å². The first-order valence-electron chi connectivity index (χ1n) is 6.25. The maximum absolute atomic E-state index is 13.5. The summed E-state index contributed by atoms with van der Waals surface area (Å²) in [7, 11) is 0. The molecule has 0 bridgehead atoms. The van der Waals surface area contributed by atoms with Gasteiger partial charge in [-0.15, -0.1) is 0 Å². The molecule has 1 aromatic carbocycles. The van der Waals surface area contributed by atoms with Crippen LogP contribution in [-0.4, -0.2) is 6.54 Å². The van der Waals surface area contributed by atoms with Gasteiger partial charge in [-0.05, 0) is 59.0 Å². The molecule has 0 atom stereocenters. The number of benzene rings is 1. The van der Waals surface area contributed by atoms with Gasteiger partial charge in [-0.2, -0.15) is 0 Å². The maximum Gasteiger partial charge on any atom is 0.137 e. The van der Waals surface area contributed by atoms with Crippen LogP contribution in [0.1, 0.15) is 43.2 Å². The fourth-order valence-electron chi connectivity index (χ4n) is 3.03. The number of nitrogens with two attached hydrogens (primary N) is 1. The van der Waals surface area contributed by atoms with Crippen LogP contribution in [0.4, 0.5) is 4.39 Å². The fourth-order valence-corrected chi connectivity index (χ4v) is 3.37. The molecule has 0 aliphatic heterocycles. The van der Waals surface area contributed by atoms with E-state index >= 15 is 0 Å². The van der Waals surface area contributed by atoms with Crippen molar-refractivity contribution in [3.05, 3.63) is 33.5 Å². The van der Waals surface area contributed by atoms with Gasteiger partial charge in [-0.25, -0.2) is 4.39 Å². The van der Waals surface area contributed by atoms with E-state index in [4.69, 9.17) is 5.73 Å². The van der Waals surface area contributed by atoms with E-state index in [0.29, 0.717) is 11.0 Å². The first-order valence-corrected chi connectivity index (χ1v) is 7.04. The largest absolute Gasteiger partial charge is 0.330 e. The van der Waals surface area contributed by atoms with Crippen LogP contribution in [0.15, 0.2) is 16.6 Å². The van der Waals surface area contributed by atoms with E-state index in [1.807, 2.05) is 13.0 Å². The van der Waals surface area contributed by atoms with E-state index in [1.54, 1.807) is 6.07 Å². The lowest BCUT2D eigenvalue weighted by Gasteiger charge is -2.38. The molecule has 17 heavy (non-hydrogen) atoms. The Morgan fingerprint density at radius 3 is 2.53 bits per heavy atom. The summed E-state index contributed by atoms with van der Waals surface area (Å²) < 4.78 is 14.0. The first-order chi connectivity index (χ1) is 8.09. The monoisotopic (exact) mass is 299 g/mol. The van der Waals surface area contributed by atoms with Gasteiger partial charge in [0.15, 0.2) is 0 Å². The Morgan fingerprint density at radius 1 is 1.29 bits per heavy atom. The van der Waals surface area contributed by atoms with Crippen molar-refractivity contribution < 1.29 is 4.39 Å². The smallest absolute Gasteiger partial charge is 0.137 e. The molecule has 0 heterocycles. The van der Waals surface area contributed by atoms with Gasteiger partial charge in [0.1, 0.15) is 5.82 Å². The molecule has 1 aliphatic rings. The molecule has 3 heteroatoms. The predicted molar refractivity (Wildman–Crippen MR) is 72.7 cm³/mol. The molecule has 1 nitrogen and oxygen atoms in total. The lowest BCUT2D eigenvalue weighted by atomic mass is 9.68. The number of rotatable bonds is 2. The topological polar surface area (TPSA) is 26.0 Å². The van der Waals surface area contributed by atoms with Gasteiger partial charge < -0.3 is 5.73 Å². The van der Waals surface area contributed by atoms with Crippen LogP contribution < -0.4 is 5.73 Å². The second-order valence-electron chi connectivity index (χ2n) is 5.13. The first kappa shape index (κ1) is 13.0. The molecule has 1 fully saturated rings. The van der Waals surface area contributed by atoms with Crippen LogP contribution in [0.25, 0.3) is 0 Å². The van der Waals surface area contributed by atoms with Crippen molar-refractivity contribution in [3.63, 3.8) is 0 Å². The summed E-state index contributed by atoms with van der Waals surface area (Å²) >= 11 is 3.28. The lowest BCUT2D eigenvalue weighted by molar-refractivity contribution is 0.299. The molecule has 0 aromatic heterocycles. The van der Waals surface area contributed by atoms with E-state index in [1.165, 1.54) is 24.8 Å². The lowest BCUT2D eigenvalue weighted by Crippen LogP contribution is -2.37. The van der Waals surface area contributed by atoms with Gasteiger partial charge in [0, 0.05) is 12.0 Å². The number of aryl methyl sites for hydroxylation is 1. The molecular formula is C14H19BrFN. The van der Waals surface area contributed by atoms with Crippen molar-refractivity contribution in [2.24, 2.45) is 5.73 Å². The molecule has 0 unspecified atom stereocenters. The zero-order chi connectivity index (χ0) is 12.5. The van der Waals surface area contributed by atoms with Gasteiger partial charge in [0.2, 0.25) is 0 Å². The van der Waals surface area contributed by atoms with Crippen molar-refractivity contribution in [1.82, 2.24) is 0 Å².